The average Bonchev–Trinajstić information content (AvgIpc) is 2.89. The number of carbonyl (C=O) groups is 2. The largest absolute Gasteiger partial charge is 0.490 e. The third kappa shape index (κ3) is 6.26. The van der Waals surface area contributed by atoms with Gasteiger partial charge in [0.2, 0.25) is 5.91 Å². The molecule has 2 heterocycles. The molecule has 1 aromatic heterocycles. The summed E-state index contributed by atoms with van der Waals surface area (Å²) in [5.74, 6) is -0.211. The van der Waals surface area contributed by atoms with Crippen LogP contribution in [0.5, 0.6) is 5.75 Å². The molecule has 0 spiro atoms. The Morgan fingerprint density at radius 2 is 1.86 bits per heavy atom. The van der Waals surface area contributed by atoms with Crippen molar-refractivity contribution in [3.05, 3.63) is 95.6 Å². The standard InChI is InChI=1S/C28H30FN3O4/c1-21-25(9-6-14-30-21)27(34)32-15-16-36-28(19-32,20-35-24-12-10-23(29)11-13-24)17-26(33)31(2)18-22-7-4-3-5-8-22/h3-14H,15-20H2,1-2H3/t28-/m0/s1. The molecule has 3 aromatic rings. The number of hydrogen-bond acceptors (Lipinski definition) is 5. The molecule has 0 radical (unpaired) electrons. The van der Waals surface area contributed by atoms with E-state index < -0.39 is 5.60 Å². The predicted molar refractivity (Wildman–Crippen MR) is 133 cm³/mol. The van der Waals surface area contributed by atoms with E-state index in [1.54, 1.807) is 42.1 Å². The summed E-state index contributed by atoms with van der Waals surface area (Å²) < 4.78 is 25.5. The van der Waals surface area contributed by atoms with E-state index in [4.69, 9.17) is 9.47 Å². The van der Waals surface area contributed by atoms with Crippen LogP contribution in [-0.4, -0.2) is 65.6 Å². The maximum atomic E-state index is 13.4. The fourth-order valence-electron chi connectivity index (χ4n) is 4.25. The second-order valence-corrected chi connectivity index (χ2v) is 9.05. The van der Waals surface area contributed by atoms with Crippen LogP contribution in [0.25, 0.3) is 0 Å². The van der Waals surface area contributed by atoms with Crippen LogP contribution in [0, 0.1) is 12.7 Å². The topological polar surface area (TPSA) is 72.0 Å². The second-order valence-electron chi connectivity index (χ2n) is 9.05. The summed E-state index contributed by atoms with van der Waals surface area (Å²) in [6.45, 7) is 3.09. The molecule has 0 bridgehead atoms. The summed E-state index contributed by atoms with van der Waals surface area (Å²) in [5, 5.41) is 0. The van der Waals surface area contributed by atoms with Crippen LogP contribution in [-0.2, 0) is 16.1 Å². The molecule has 4 rings (SSSR count). The van der Waals surface area contributed by atoms with Crippen molar-refractivity contribution in [2.45, 2.75) is 25.5 Å². The molecule has 1 aliphatic rings. The summed E-state index contributed by atoms with van der Waals surface area (Å²) in [6.07, 6.45) is 1.67. The molecule has 0 aliphatic carbocycles. The zero-order valence-electron chi connectivity index (χ0n) is 20.5. The molecule has 188 valence electrons. The number of rotatable bonds is 8. The smallest absolute Gasteiger partial charge is 0.255 e. The second kappa shape index (κ2) is 11.3. The lowest BCUT2D eigenvalue weighted by Gasteiger charge is -2.42. The van der Waals surface area contributed by atoms with E-state index >= 15 is 0 Å². The van der Waals surface area contributed by atoms with E-state index in [1.165, 1.54) is 24.3 Å². The highest BCUT2D eigenvalue weighted by atomic mass is 19.1. The van der Waals surface area contributed by atoms with Crippen molar-refractivity contribution in [1.29, 1.82) is 0 Å². The number of halogens is 1. The first kappa shape index (κ1) is 25.3. The van der Waals surface area contributed by atoms with Crippen LogP contribution in [0.2, 0.25) is 0 Å². The van der Waals surface area contributed by atoms with Gasteiger partial charge < -0.3 is 19.3 Å². The quantitative estimate of drug-likeness (QED) is 0.479. The SMILES string of the molecule is Cc1ncccc1C(=O)N1CCO[C@@](COc2ccc(F)cc2)(CC(=O)N(C)Cc2ccccc2)C1. The molecule has 36 heavy (non-hydrogen) atoms. The Hall–Kier alpha value is -3.78. The number of aromatic nitrogens is 1. The number of carbonyl (C=O) groups excluding carboxylic acids is 2. The van der Waals surface area contributed by atoms with Gasteiger partial charge in [-0.2, -0.15) is 0 Å². The molecular formula is C28H30FN3O4. The Bertz CT molecular complexity index is 1190. The van der Waals surface area contributed by atoms with Gasteiger partial charge >= 0.3 is 0 Å². The Balaban J connectivity index is 1.53. The molecule has 8 heteroatoms. The zero-order valence-corrected chi connectivity index (χ0v) is 20.5. The molecule has 1 atom stereocenters. The van der Waals surface area contributed by atoms with Crippen molar-refractivity contribution in [3.63, 3.8) is 0 Å². The van der Waals surface area contributed by atoms with Crippen LogP contribution in [0.1, 0.15) is 28.0 Å². The molecule has 0 N–H and O–H groups in total. The van der Waals surface area contributed by atoms with Gasteiger partial charge in [-0.05, 0) is 48.9 Å². The number of amides is 2. The van der Waals surface area contributed by atoms with E-state index in [2.05, 4.69) is 4.98 Å². The Morgan fingerprint density at radius 1 is 1.11 bits per heavy atom. The summed E-state index contributed by atoms with van der Waals surface area (Å²) >= 11 is 0. The Kier molecular flexibility index (Phi) is 7.95. The van der Waals surface area contributed by atoms with Gasteiger partial charge in [0.25, 0.3) is 5.91 Å². The summed E-state index contributed by atoms with van der Waals surface area (Å²) in [5.41, 5.74) is 1.10. The minimum Gasteiger partial charge on any atom is -0.490 e. The van der Waals surface area contributed by atoms with Crippen molar-refractivity contribution in [2.24, 2.45) is 0 Å². The highest BCUT2D eigenvalue weighted by Crippen LogP contribution is 2.27. The number of hydrogen-bond donors (Lipinski definition) is 0. The average molecular weight is 492 g/mol. The lowest BCUT2D eigenvalue weighted by atomic mass is 9.96. The van der Waals surface area contributed by atoms with Gasteiger partial charge in [-0.15, -0.1) is 0 Å². The minimum absolute atomic E-state index is 0.0212. The molecular weight excluding hydrogens is 461 g/mol. The van der Waals surface area contributed by atoms with Gasteiger partial charge in [0.15, 0.2) is 0 Å². The van der Waals surface area contributed by atoms with Crippen molar-refractivity contribution in [1.82, 2.24) is 14.8 Å². The first-order valence-corrected chi connectivity index (χ1v) is 11.9. The lowest BCUT2D eigenvalue weighted by Crippen LogP contribution is -2.58. The molecule has 2 amide bonds. The number of morpholine rings is 1. The van der Waals surface area contributed by atoms with Gasteiger partial charge in [-0.3, -0.25) is 14.6 Å². The fourth-order valence-corrected chi connectivity index (χ4v) is 4.25. The van der Waals surface area contributed by atoms with Gasteiger partial charge in [0.05, 0.1) is 25.1 Å². The molecule has 1 fully saturated rings. The van der Waals surface area contributed by atoms with Gasteiger partial charge in [-0.25, -0.2) is 4.39 Å². The van der Waals surface area contributed by atoms with Crippen LogP contribution < -0.4 is 4.74 Å². The predicted octanol–water partition coefficient (Wildman–Crippen LogP) is 3.87. The van der Waals surface area contributed by atoms with E-state index in [9.17, 15) is 14.0 Å². The molecule has 1 aliphatic heterocycles. The third-order valence-corrected chi connectivity index (χ3v) is 6.25. The first-order chi connectivity index (χ1) is 17.3. The van der Waals surface area contributed by atoms with Crippen LogP contribution >= 0.6 is 0 Å². The Labute approximate surface area is 210 Å². The molecule has 1 saturated heterocycles. The van der Waals surface area contributed by atoms with Crippen molar-refractivity contribution >= 4 is 11.8 Å². The maximum Gasteiger partial charge on any atom is 0.255 e. The molecule has 7 nitrogen and oxygen atoms in total. The van der Waals surface area contributed by atoms with Gasteiger partial charge in [-0.1, -0.05) is 30.3 Å². The molecule has 0 saturated carbocycles. The fraction of sp³-hybridized carbons (Fsp3) is 0.321. The molecule has 2 aromatic carbocycles. The van der Waals surface area contributed by atoms with Gasteiger partial charge in [0.1, 0.15) is 23.8 Å². The number of benzene rings is 2. The minimum atomic E-state index is -1.07. The van der Waals surface area contributed by atoms with Crippen LogP contribution in [0.4, 0.5) is 4.39 Å². The highest BCUT2D eigenvalue weighted by molar-refractivity contribution is 5.95. The third-order valence-electron chi connectivity index (χ3n) is 6.25. The Morgan fingerprint density at radius 3 is 2.58 bits per heavy atom. The van der Waals surface area contributed by atoms with Crippen LogP contribution in [0.3, 0.4) is 0 Å². The summed E-state index contributed by atoms with van der Waals surface area (Å²) in [4.78, 5) is 34.2. The van der Waals surface area contributed by atoms with E-state index in [-0.39, 0.29) is 43.8 Å². The lowest BCUT2D eigenvalue weighted by molar-refractivity contribution is -0.152. The van der Waals surface area contributed by atoms with Gasteiger partial charge in [0, 0.05) is 32.0 Å². The van der Waals surface area contributed by atoms with E-state index in [0.717, 1.165) is 5.56 Å². The van der Waals surface area contributed by atoms with Crippen LogP contribution in [0.15, 0.2) is 72.9 Å². The summed E-state index contributed by atoms with van der Waals surface area (Å²) in [6, 6.07) is 18.9. The van der Waals surface area contributed by atoms with Crippen molar-refractivity contribution in [3.8, 4) is 5.75 Å². The highest BCUT2D eigenvalue weighted by Gasteiger charge is 2.42. The normalized spacial score (nSPS) is 17.5. The number of ether oxygens (including phenoxy) is 2. The van der Waals surface area contributed by atoms with E-state index in [1.807, 2.05) is 30.3 Å². The molecule has 0 unspecified atom stereocenters. The summed E-state index contributed by atoms with van der Waals surface area (Å²) in [7, 11) is 1.74. The number of aryl methyl sites for hydroxylation is 1. The van der Waals surface area contributed by atoms with E-state index in [0.29, 0.717) is 30.1 Å². The van der Waals surface area contributed by atoms with Crippen molar-refractivity contribution in [2.75, 3.05) is 33.4 Å². The zero-order chi connectivity index (χ0) is 25.5. The monoisotopic (exact) mass is 491 g/mol. The maximum absolute atomic E-state index is 13.4. The first-order valence-electron chi connectivity index (χ1n) is 11.9. The number of pyridine rings is 1. The van der Waals surface area contributed by atoms with Crippen molar-refractivity contribution < 1.29 is 23.5 Å². The number of nitrogens with zero attached hydrogens (tertiary/aromatic N) is 3.